The fourth-order valence-electron chi connectivity index (χ4n) is 2.49. The third-order valence-corrected chi connectivity index (χ3v) is 4.91. The van der Waals surface area contributed by atoms with Crippen LogP contribution in [0.1, 0.15) is 15.2 Å². The van der Waals surface area contributed by atoms with Crippen LogP contribution in [0.2, 0.25) is 4.34 Å². The average molecular weight is 338 g/mol. The molecule has 0 bridgehead atoms. The highest BCUT2D eigenvalue weighted by atomic mass is 35.5. The van der Waals surface area contributed by atoms with Crippen molar-refractivity contribution in [3.63, 3.8) is 0 Å². The fraction of sp³-hybridized carbons (Fsp3) is 0.333. The van der Waals surface area contributed by atoms with Gasteiger partial charge in [0.25, 0.3) is 5.91 Å². The summed E-state index contributed by atoms with van der Waals surface area (Å²) < 4.78 is 0.807. The zero-order valence-electron chi connectivity index (χ0n) is 11.9. The molecule has 1 aliphatic heterocycles. The number of aromatic amines is 1. The lowest BCUT2D eigenvalue weighted by molar-refractivity contribution is 0.0629. The molecule has 1 N–H and O–H groups in total. The summed E-state index contributed by atoms with van der Waals surface area (Å²) in [5, 5.41) is 0. The number of pyridine rings is 1. The minimum atomic E-state index is -0.198. The van der Waals surface area contributed by atoms with Crippen LogP contribution in [0.4, 0.5) is 0 Å². The molecule has 0 aromatic carbocycles. The summed E-state index contributed by atoms with van der Waals surface area (Å²) in [6.45, 7) is 3.93. The van der Waals surface area contributed by atoms with Gasteiger partial charge in [0.1, 0.15) is 0 Å². The third kappa shape index (κ3) is 3.58. The van der Waals surface area contributed by atoms with E-state index in [1.165, 1.54) is 17.1 Å². The van der Waals surface area contributed by atoms with Crippen molar-refractivity contribution in [2.24, 2.45) is 0 Å². The van der Waals surface area contributed by atoms with Crippen LogP contribution in [0.5, 0.6) is 0 Å². The molecule has 0 unspecified atom stereocenters. The first-order chi connectivity index (χ1) is 10.6. The Morgan fingerprint density at radius 3 is 2.55 bits per heavy atom. The summed E-state index contributed by atoms with van der Waals surface area (Å²) in [5.74, 6) is -0.0323. The number of carbonyl (C=O) groups is 1. The molecule has 2 aromatic rings. The molecule has 1 aliphatic rings. The smallest absolute Gasteiger partial charge is 0.255 e. The van der Waals surface area contributed by atoms with E-state index in [0.29, 0.717) is 18.7 Å². The van der Waals surface area contributed by atoms with E-state index in [4.69, 9.17) is 11.6 Å². The van der Waals surface area contributed by atoms with Gasteiger partial charge in [-0.2, -0.15) is 0 Å². The van der Waals surface area contributed by atoms with E-state index in [0.717, 1.165) is 24.0 Å². The van der Waals surface area contributed by atoms with E-state index in [-0.39, 0.29) is 11.5 Å². The molecule has 22 heavy (non-hydrogen) atoms. The van der Waals surface area contributed by atoms with Gasteiger partial charge in [0.2, 0.25) is 5.56 Å². The maximum Gasteiger partial charge on any atom is 0.255 e. The molecule has 0 saturated carbocycles. The Kier molecular flexibility index (Phi) is 4.61. The maximum atomic E-state index is 12.3. The highest BCUT2D eigenvalue weighted by Gasteiger charge is 2.22. The minimum absolute atomic E-state index is 0.0323. The van der Waals surface area contributed by atoms with Crippen LogP contribution in [0.3, 0.4) is 0 Å². The van der Waals surface area contributed by atoms with Crippen molar-refractivity contribution in [2.45, 2.75) is 6.54 Å². The minimum Gasteiger partial charge on any atom is -0.336 e. The largest absolute Gasteiger partial charge is 0.336 e. The molecule has 5 nitrogen and oxygen atoms in total. The lowest BCUT2D eigenvalue weighted by atomic mass is 10.2. The number of amides is 1. The second kappa shape index (κ2) is 6.64. The van der Waals surface area contributed by atoms with Gasteiger partial charge < -0.3 is 9.88 Å². The molecule has 0 spiro atoms. The first kappa shape index (κ1) is 15.3. The molecule has 116 valence electrons. The summed E-state index contributed by atoms with van der Waals surface area (Å²) in [4.78, 5) is 31.3. The second-order valence-corrected chi connectivity index (χ2v) is 7.02. The van der Waals surface area contributed by atoms with Crippen LogP contribution < -0.4 is 5.56 Å². The monoisotopic (exact) mass is 337 g/mol. The molecule has 3 rings (SSSR count). The Balaban J connectivity index is 1.56. The van der Waals surface area contributed by atoms with Crippen molar-refractivity contribution in [1.82, 2.24) is 14.8 Å². The summed E-state index contributed by atoms with van der Waals surface area (Å²) >= 11 is 7.54. The molecule has 7 heteroatoms. The van der Waals surface area contributed by atoms with E-state index in [1.807, 2.05) is 17.0 Å². The number of hydrogen-bond acceptors (Lipinski definition) is 4. The number of hydrogen-bond donors (Lipinski definition) is 1. The van der Waals surface area contributed by atoms with E-state index in [2.05, 4.69) is 9.88 Å². The Hall–Kier alpha value is -1.63. The Labute approximate surface area is 137 Å². The van der Waals surface area contributed by atoms with Gasteiger partial charge >= 0.3 is 0 Å². The summed E-state index contributed by atoms with van der Waals surface area (Å²) in [5.41, 5.74) is 0.328. The van der Waals surface area contributed by atoms with Crippen molar-refractivity contribution in [1.29, 1.82) is 0 Å². The average Bonchev–Trinajstić information content (AvgIpc) is 2.93. The molecular formula is C15H16ClN3O2S. The molecule has 1 fully saturated rings. The fourth-order valence-corrected chi connectivity index (χ4v) is 3.62. The maximum absolute atomic E-state index is 12.3. The number of carbonyl (C=O) groups excluding carboxylic acids is 1. The van der Waals surface area contributed by atoms with Gasteiger partial charge in [-0.05, 0) is 18.2 Å². The Morgan fingerprint density at radius 2 is 1.95 bits per heavy atom. The van der Waals surface area contributed by atoms with Gasteiger partial charge in [-0.25, -0.2) is 0 Å². The zero-order chi connectivity index (χ0) is 15.5. The third-order valence-electron chi connectivity index (χ3n) is 3.70. The Bertz CT molecular complexity index is 699. The van der Waals surface area contributed by atoms with Gasteiger partial charge in [-0.1, -0.05) is 11.6 Å². The normalized spacial score (nSPS) is 16.0. The molecule has 2 aromatic heterocycles. The predicted octanol–water partition coefficient (Wildman–Crippen LogP) is 2.05. The van der Waals surface area contributed by atoms with Crippen molar-refractivity contribution < 1.29 is 4.79 Å². The first-order valence-corrected chi connectivity index (χ1v) is 8.26. The second-order valence-electron chi connectivity index (χ2n) is 5.22. The van der Waals surface area contributed by atoms with Crippen LogP contribution in [0.25, 0.3) is 0 Å². The lowest BCUT2D eigenvalue weighted by Gasteiger charge is -2.34. The molecular weight excluding hydrogens is 322 g/mol. The molecule has 1 amide bonds. The van der Waals surface area contributed by atoms with Crippen LogP contribution >= 0.6 is 22.9 Å². The molecule has 0 radical (unpaired) electrons. The number of thiophene rings is 1. The van der Waals surface area contributed by atoms with Crippen molar-refractivity contribution >= 4 is 28.8 Å². The van der Waals surface area contributed by atoms with E-state index < -0.39 is 0 Å². The molecule has 0 atom stereocenters. The van der Waals surface area contributed by atoms with Gasteiger partial charge in [0.05, 0.1) is 9.90 Å². The summed E-state index contributed by atoms with van der Waals surface area (Å²) in [7, 11) is 0. The number of rotatable bonds is 3. The standard InChI is InChI=1S/C15H16ClN3O2S/c16-13-3-2-12(22-13)10-18-5-7-19(8-6-18)15(21)11-1-4-14(20)17-9-11/h1-4,9H,5-8,10H2,(H,17,20). The van der Waals surface area contributed by atoms with E-state index >= 15 is 0 Å². The van der Waals surface area contributed by atoms with Gasteiger partial charge in [-0.3, -0.25) is 14.5 Å². The van der Waals surface area contributed by atoms with Gasteiger partial charge in [0, 0.05) is 49.9 Å². The SMILES string of the molecule is O=C(c1ccc(=O)[nH]c1)N1CCN(Cc2ccc(Cl)s2)CC1. The Morgan fingerprint density at radius 1 is 1.18 bits per heavy atom. The van der Waals surface area contributed by atoms with Crippen LogP contribution in [0.15, 0.2) is 35.3 Å². The van der Waals surface area contributed by atoms with E-state index in [1.54, 1.807) is 17.4 Å². The number of aromatic nitrogens is 1. The van der Waals surface area contributed by atoms with Crippen molar-refractivity contribution in [3.05, 3.63) is 55.6 Å². The van der Waals surface area contributed by atoms with Crippen LogP contribution in [-0.2, 0) is 6.54 Å². The summed E-state index contributed by atoms with van der Waals surface area (Å²) in [6, 6.07) is 6.91. The number of nitrogens with zero attached hydrogens (tertiary/aromatic N) is 2. The van der Waals surface area contributed by atoms with Crippen LogP contribution in [0, 0.1) is 0 Å². The zero-order valence-corrected chi connectivity index (χ0v) is 13.5. The molecule has 3 heterocycles. The quantitative estimate of drug-likeness (QED) is 0.932. The van der Waals surface area contributed by atoms with Crippen molar-refractivity contribution in [3.8, 4) is 0 Å². The van der Waals surface area contributed by atoms with E-state index in [9.17, 15) is 9.59 Å². The molecule has 1 saturated heterocycles. The number of nitrogens with one attached hydrogen (secondary N) is 1. The number of piperazine rings is 1. The first-order valence-electron chi connectivity index (χ1n) is 7.06. The van der Waals surface area contributed by atoms with Crippen LogP contribution in [-0.4, -0.2) is 46.9 Å². The topological polar surface area (TPSA) is 56.4 Å². The summed E-state index contributed by atoms with van der Waals surface area (Å²) in [6.07, 6.45) is 1.48. The van der Waals surface area contributed by atoms with Crippen molar-refractivity contribution in [2.75, 3.05) is 26.2 Å². The lowest BCUT2D eigenvalue weighted by Crippen LogP contribution is -2.48. The van der Waals surface area contributed by atoms with Gasteiger partial charge in [-0.15, -0.1) is 11.3 Å². The highest BCUT2D eigenvalue weighted by molar-refractivity contribution is 7.16. The highest BCUT2D eigenvalue weighted by Crippen LogP contribution is 2.23. The predicted molar refractivity (Wildman–Crippen MR) is 87.6 cm³/mol. The number of H-pyrrole nitrogens is 1. The van der Waals surface area contributed by atoms with Gasteiger partial charge in [0.15, 0.2) is 0 Å². The number of halogens is 1. The molecule has 0 aliphatic carbocycles.